The van der Waals surface area contributed by atoms with Crippen molar-refractivity contribution in [3.8, 4) is 0 Å². The van der Waals surface area contributed by atoms with Crippen LogP contribution in [0.2, 0.25) is 0 Å². The molecule has 1 N–H and O–H groups in total. The number of aliphatic hydroxyl groups is 1. The zero-order valence-electron chi connectivity index (χ0n) is 7.50. The summed E-state index contributed by atoms with van der Waals surface area (Å²) in [6.45, 7) is 2.38. The molecule has 66 valence electrons. The molecule has 0 spiro atoms. The third kappa shape index (κ3) is 0.852. The van der Waals surface area contributed by atoms with Crippen LogP contribution in [0.4, 0.5) is 0 Å². The first kappa shape index (κ1) is 8.39. The molecule has 0 heterocycles. The summed E-state index contributed by atoms with van der Waals surface area (Å²) >= 11 is 1.85. The fourth-order valence-corrected chi connectivity index (χ4v) is 3.38. The van der Waals surface area contributed by atoms with Crippen molar-refractivity contribution >= 4 is 11.8 Å². The van der Waals surface area contributed by atoms with Crippen LogP contribution in [-0.4, -0.2) is 22.7 Å². The quantitative estimate of drug-likeness (QED) is 0.659. The largest absolute Gasteiger partial charge is 0.392 e. The van der Waals surface area contributed by atoms with Gasteiger partial charge in [-0.05, 0) is 31.1 Å². The molecule has 0 radical (unpaired) electrons. The van der Waals surface area contributed by atoms with Gasteiger partial charge in [0, 0.05) is 0 Å². The molecule has 0 saturated carbocycles. The van der Waals surface area contributed by atoms with Gasteiger partial charge in [0.2, 0.25) is 0 Å². The zero-order valence-corrected chi connectivity index (χ0v) is 8.32. The Bertz CT molecular complexity index is 267. The highest BCUT2D eigenvalue weighted by molar-refractivity contribution is 8.00. The predicted octanol–water partition coefficient (Wildman–Crippen LogP) is 1.99. The molecular formula is C10H14OS. The van der Waals surface area contributed by atoms with E-state index in [0.29, 0.717) is 5.92 Å². The van der Waals surface area contributed by atoms with Gasteiger partial charge in [-0.3, -0.25) is 0 Å². The number of hydrogen-bond donors (Lipinski definition) is 1. The summed E-state index contributed by atoms with van der Waals surface area (Å²) in [5.74, 6) is 0.611. The van der Waals surface area contributed by atoms with Gasteiger partial charge < -0.3 is 5.11 Å². The lowest BCUT2D eigenvalue weighted by Gasteiger charge is -2.24. The van der Waals surface area contributed by atoms with E-state index in [2.05, 4.69) is 25.3 Å². The molecule has 2 heteroatoms. The number of allylic oxidation sites excluding steroid dienone is 2. The van der Waals surface area contributed by atoms with Crippen molar-refractivity contribution in [1.29, 1.82) is 0 Å². The van der Waals surface area contributed by atoms with Crippen molar-refractivity contribution < 1.29 is 5.11 Å². The summed E-state index contributed by atoms with van der Waals surface area (Å²) in [6.07, 6.45) is 7.85. The van der Waals surface area contributed by atoms with E-state index in [9.17, 15) is 5.11 Å². The Morgan fingerprint density at radius 3 is 3.00 bits per heavy atom. The molecule has 0 aromatic heterocycles. The van der Waals surface area contributed by atoms with Crippen LogP contribution >= 0.6 is 11.8 Å². The van der Waals surface area contributed by atoms with E-state index < -0.39 is 0 Å². The summed E-state index contributed by atoms with van der Waals surface area (Å²) in [7, 11) is 0. The fraction of sp³-hybridized carbons (Fsp3) is 0.600. The highest BCUT2D eigenvalue weighted by Gasteiger charge is 2.44. The third-order valence-corrected chi connectivity index (χ3v) is 4.46. The standard InChI is InChI=1S/C10H14OS/c1-7-8-3-4-10(5-8,12-2)9(7)6-11/h3-4,8,11H,5-6H2,1-2H3. The predicted molar refractivity (Wildman–Crippen MR) is 53.3 cm³/mol. The van der Waals surface area contributed by atoms with Gasteiger partial charge >= 0.3 is 0 Å². The molecule has 12 heavy (non-hydrogen) atoms. The number of aliphatic hydroxyl groups excluding tert-OH is 1. The molecule has 0 aromatic carbocycles. The first-order valence-electron chi connectivity index (χ1n) is 4.29. The van der Waals surface area contributed by atoms with Crippen molar-refractivity contribution in [2.45, 2.75) is 18.1 Å². The first-order valence-corrected chi connectivity index (χ1v) is 5.51. The summed E-state index contributed by atoms with van der Waals surface area (Å²) in [5, 5.41) is 9.25. The molecule has 1 nitrogen and oxygen atoms in total. The molecule has 0 amide bonds. The molecule has 2 aliphatic carbocycles. The lowest BCUT2D eigenvalue weighted by molar-refractivity contribution is 0.324. The van der Waals surface area contributed by atoms with Gasteiger partial charge in [-0.2, -0.15) is 0 Å². The molecule has 2 rings (SSSR count). The minimum atomic E-state index is 0.156. The summed E-state index contributed by atoms with van der Waals surface area (Å²) in [6, 6.07) is 0. The van der Waals surface area contributed by atoms with Crippen LogP contribution in [0.5, 0.6) is 0 Å². The van der Waals surface area contributed by atoms with Gasteiger partial charge in [-0.1, -0.05) is 17.7 Å². The Morgan fingerprint density at radius 2 is 2.50 bits per heavy atom. The van der Waals surface area contributed by atoms with E-state index >= 15 is 0 Å². The van der Waals surface area contributed by atoms with Crippen LogP contribution in [0.15, 0.2) is 23.3 Å². The van der Waals surface area contributed by atoms with Gasteiger partial charge in [0.05, 0.1) is 11.4 Å². The van der Waals surface area contributed by atoms with Gasteiger partial charge in [0.1, 0.15) is 0 Å². The van der Waals surface area contributed by atoms with Crippen molar-refractivity contribution in [2.24, 2.45) is 5.92 Å². The second kappa shape index (κ2) is 2.64. The van der Waals surface area contributed by atoms with Crippen LogP contribution in [-0.2, 0) is 0 Å². The van der Waals surface area contributed by atoms with Crippen molar-refractivity contribution in [2.75, 3.05) is 12.9 Å². The second-order valence-electron chi connectivity index (χ2n) is 3.58. The Hall–Kier alpha value is -0.210. The zero-order chi connectivity index (χ0) is 8.77. The molecule has 0 fully saturated rings. The Balaban J connectivity index is 2.41. The maximum Gasteiger partial charge on any atom is 0.0661 e. The maximum atomic E-state index is 9.25. The normalized spacial score (nSPS) is 38.4. The molecule has 0 aromatic rings. The molecule has 2 bridgehead atoms. The average Bonchev–Trinajstić information content (AvgIpc) is 2.61. The average molecular weight is 182 g/mol. The lowest BCUT2D eigenvalue weighted by Crippen LogP contribution is -2.21. The third-order valence-electron chi connectivity index (χ3n) is 3.19. The summed E-state index contributed by atoms with van der Waals surface area (Å²) in [4.78, 5) is 0. The highest BCUT2D eigenvalue weighted by Crippen LogP contribution is 2.53. The maximum absolute atomic E-state index is 9.25. The monoisotopic (exact) mass is 182 g/mol. The van der Waals surface area contributed by atoms with Gasteiger partial charge in [0.25, 0.3) is 0 Å². The van der Waals surface area contributed by atoms with Crippen LogP contribution in [0, 0.1) is 5.92 Å². The number of hydrogen-bond acceptors (Lipinski definition) is 2. The van der Waals surface area contributed by atoms with Crippen molar-refractivity contribution in [3.63, 3.8) is 0 Å². The summed E-state index contributed by atoms with van der Waals surface area (Å²) in [5.41, 5.74) is 2.65. The Kier molecular flexibility index (Phi) is 1.85. The molecule has 2 atom stereocenters. The SMILES string of the molecule is CSC12C=CC(C1)C(C)=C2CO. The van der Waals surface area contributed by atoms with E-state index in [0.717, 1.165) is 0 Å². The minimum absolute atomic E-state index is 0.156. The molecule has 0 aliphatic heterocycles. The van der Waals surface area contributed by atoms with Gasteiger partial charge in [-0.25, -0.2) is 0 Å². The van der Waals surface area contributed by atoms with E-state index in [1.807, 2.05) is 11.8 Å². The highest BCUT2D eigenvalue weighted by atomic mass is 32.2. The van der Waals surface area contributed by atoms with E-state index in [1.54, 1.807) is 0 Å². The van der Waals surface area contributed by atoms with Crippen LogP contribution in [0.3, 0.4) is 0 Å². The molecule has 0 saturated heterocycles. The fourth-order valence-electron chi connectivity index (χ4n) is 2.35. The topological polar surface area (TPSA) is 20.2 Å². The molecule has 2 aliphatic rings. The first-order chi connectivity index (χ1) is 5.73. The Morgan fingerprint density at radius 1 is 1.75 bits per heavy atom. The van der Waals surface area contributed by atoms with Crippen LogP contribution < -0.4 is 0 Å². The number of thioether (sulfide) groups is 1. The summed E-state index contributed by atoms with van der Waals surface area (Å²) < 4.78 is 0.156. The molecular weight excluding hydrogens is 168 g/mol. The minimum Gasteiger partial charge on any atom is -0.392 e. The number of rotatable bonds is 2. The smallest absolute Gasteiger partial charge is 0.0661 e. The van der Waals surface area contributed by atoms with E-state index in [4.69, 9.17) is 0 Å². The molecule has 2 unspecified atom stereocenters. The second-order valence-corrected chi connectivity index (χ2v) is 4.72. The van der Waals surface area contributed by atoms with Gasteiger partial charge in [-0.15, -0.1) is 11.8 Å². The Labute approximate surface area is 77.6 Å². The van der Waals surface area contributed by atoms with Gasteiger partial charge in [0.15, 0.2) is 0 Å². The van der Waals surface area contributed by atoms with Crippen molar-refractivity contribution in [3.05, 3.63) is 23.3 Å². The van der Waals surface area contributed by atoms with Crippen LogP contribution in [0.25, 0.3) is 0 Å². The number of fused-ring (bicyclic) bond motifs is 2. The van der Waals surface area contributed by atoms with E-state index in [-0.39, 0.29) is 11.4 Å². The van der Waals surface area contributed by atoms with E-state index in [1.165, 1.54) is 17.6 Å². The van der Waals surface area contributed by atoms with Crippen molar-refractivity contribution in [1.82, 2.24) is 0 Å². The lowest BCUT2D eigenvalue weighted by atomic mass is 9.98. The van der Waals surface area contributed by atoms with Crippen LogP contribution in [0.1, 0.15) is 13.3 Å².